The third kappa shape index (κ3) is 5.50. The van der Waals surface area contributed by atoms with E-state index in [-0.39, 0.29) is 11.9 Å². The maximum atomic E-state index is 11.7. The zero-order valence-corrected chi connectivity index (χ0v) is 11.1. The van der Waals surface area contributed by atoms with E-state index >= 15 is 0 Å². The molecular formula is C13H25NO3. The molecule has 0 saturated carbocycles. The van der Waals surface area contributed by atoms with Crippen LogP contribution in [0.2, 0.25) is 0 Å². The smallest absolute Gasteiger partial charge is 0.310 e. The van der Waals surface area contributed by atoms with Gasteiger partial charge in [-0.1, -0.05) is 13.3 Å². The number of carbonyl (C=O) groups excluding carboxylic acids is 1. The summed E-state index contributed by atoms with van der Waals surface area (Å²) in [7, 11) is 1.72. The molecule has 4 nitrogen and oxygen atoms in total. The third-order valence-electron chi connectivity index (χ3n) is 3.17. The van der Waals surface area contributed by atoms with Crippen LogP contribution in [0.3, 0.4) is 0 Å². The summed E-state index contributed by atoms with van der Waals surface area (Å²) in [6, 6.07) is 0. The van der Waals surface area contributed by atoms with E-state index in [2.05, 4.69) is 11.8 Å². The van der Waals surface area contributed by atoms with Gasteiger partial charge in [0.25, 0.3) is 0 Å². The van der Waals surface area contributed by atoms with Gasteiger partial charge in [0.1, 0.15) is 0 Å². The van der Waals surface area contributed by atoms with E-state index in [0.717, 1.165) is 51.9 Å². The Labute approximate surface area is 104 Å². The number of ether oxygens (including phenoxy) is 2. The quantitative estimate of drug-likeness (QED) is 0.480. The van der Waals surface area contributed by atoms with Gasteiger partial charge < -0.3 is 14.4 Å². The van der Waals surface area contributed by atoms with Crippen molar-refractivity contribution in [2.45, 2.75) is 32.6 Å². The first-order valence-corrected chi connectivity index (χ1v) is 6.65. The number of likely N-dealkylation sites (tertiary alicyclic amines) is 1. The van der Waals surface area contributed by atoms with E-state index in [1.54, 1.807) is 7.11 Å². The van der Waals surface area contributed by atoms with Gasteiger partial charge in [0.05, 0.1) is 12.5 Å². The highest BCUT2D eigenvalue weighted by Gasteiger charge is 2.28. The van der Waals surface area contributed by atoms with Gasteiger partial charge in [0.2, 0.25) is 0 Å². The van der Waals surface area contributed by atoms with Crippen molar-refractivity contribution in [2.75, 3.05) is 40.0 Å². The van der Waals surface area contributed by atoms with E-state index in [1.807, 2.05) is 0 Å². The standard InChI is InChI=1S/C13H25NO3/c1-3-4-10-17-13(15)12-6-8-14(11-12)7-5-9-16-2/h12H,3-11H2,1-2H3. The molecule has 0 aromatic carbocycles. The number of rotatable bonds is 8. The van der Waals surface area contributed by atoms with Crippen molar-refractivity contribution in [3.8, 4) is 0 Å². The number of methoxy groups -OCH3 is 1. The Kier molecular flexibility index (Phi) is 7.21. The van der Waals surface area contributed by atoms with E-state index < -0.39 is 0 Å². The lowest BCUT2D eigenvalue weighted by Crippen LogP contribution is -2.26. The van der Waals surface area contributed by atoms with Crippen LogP contribution in [-0.4, -0.2) is 50.8 Å². The van der Waals surface area contributed by atoms with Gasteiger partial charge in [0.15, 0.2) is 0 Å². The van der Waals surface area contributed by atoms with Crippen LogP contribution in [0.25, 0.3) is 0 Å². The lowest BCUT2D eigenvalue weighted by molar-refractivity contribution is -0.148. The molecule has 0 radical (unpaired) electrons. The Bertz CT molecular complexity index is 221. The molecule has 1 aliphatic heterocycles. The average Bonchev–Trinajstić information content (AvgIpc) is 2.78. The van der Waals surface area contributed by atoms with Crippen LogP contribution in [0, 0.1) is 5.92 Å². The van der Waals surface area contributed by atoms with Gasteiger partial charge in [-0.15, -0.1) is 0 Å². The SMILES string of the molecule is CCCCOC(=O)C1CCN(CCCOC)C1. The van der Waals surface area contributed by atoms with Crippen molar-refractivity contribution in [1.82, 2.24) is 4.90 Å². The molecule has 1 saturated heterocycles. The number of nitrogens with zero attached hydrogens (tertiary/aromatic N) is 1. The summed E-state index contributed by atoms with van der Waals surface area (Å²) < 4.78 is 10.3. The minimum atomic E-state index is -0.00677. The number of esters is 1. The van der Waals surface area contributed by atoms with Crippen LogP contribution in [0.4, 0.5) is 0 Å². The molecule has 1 aliphatic rings. The van der Waals surface area contributed by atoms with Crippen molar-refractivity contribution in [1.29, 1.82) is 0 Å². The topological polar surface area (TPSA) is 38.8 Å². The van der Waals surface area contributed by atoms with Crippen LogP contribution in [0.1, 0.15) is 32.6 Å². The van der Waals surface area contributed by atoms with E-state index in [9.17, 15) is 4.79 Å². The second-order valence-corrected chi connectivity index (χ2v) is 4.65. The molecule has 0 N–H and O–H groups in total. The molecular weight excluding hydrogens is 218 g/mol. The summed E-state index contributed by atoms with van der Waals surface area (Å²) in [6.07, 6.45) is 4.02. The molecule has 0 amide bonds. The maximum absolute atomic E-state index is 11.7. The van der Waals surface area contributed by atoms with Crippen LogP contribution < -0.4 is 0 Å². The van der Waals surface area contributed by atoms with Crippen molar-refractivity contribution < 1.29 is 14.3 Å². The normalized spacial score (nSPS) is 20.7. The highest BCUT2D eigenvalue weighted by molar-refractivity contribution is 5.73. The van der Waals surface area contributed by atoms with Gasteiger partial charge in [-0.3, -0.25) is 4.79 Å². The van der Waals surface area contributed by atoms with Crippen molar-refractivity contribution in [2.24, 2.45) is 5.92 Å². The van der Waals surface area contributed by atoms with Gasteiger partial charge in [0, 0.05) is 26.8 Å². The number of hydrogen-bond acceptors (Lipinski definition) is 4. The Morgan fingerprint density at radius 1 is 1.35 bits per heavy atom. The summed E-state index contributed by atoms with van der Waals surface area (Å²) in [4.78, 5) is 14.0. The number of unbranched alkanes of at least 4 members (excludes halogenated alkanes) is 1. The van der Waals surface area contributed by atoms with Gasteiger partial charge in [-0.2, -0.15) is 0 Å². The molecule has 1 heterocycles. The Hall–Kier alpha value is -0.610. The Morgan fingerprint density at radius 3 is 2.88 bits per heavy atom. The van der Waals surface area contributed by atoms with E-state index in [0.29, 0.717) is 6.61 Å². The zero-order chi connectivity index (χ0) is 12.5. The summed E-state index contributed by atoms with van der Waals surface area (Å²) in [6.45, 7) is 6.36. The highest BCUT2D eigenvalue weighted by Crippen LogP contribution is 2.17. The van der Waals surface area contributed by atoms with Crippen molar-refractivity contribution >= 4 is 5.97 Å². The molecule has 100 valence electrons. The average molecular weight is 243 g/mol. The summed E-state index contributed by atoms with van der Waals surface area (Å²) in [5, 5.41) is 0. The van der Waals surface area contributed by atoms with E-state index in [1.165, 1.54) is 0 Å². The molecule has 17 heavy (non-hydrogen) atoms. The maximum Gasteiger partial charge on any atom is 0.310 e. The monoisotopic (exact) mass is 243 g/mol. The fraction of sp³-hybridized carbons (Fsp3) is 0.923. The second-order valence-electron chi connectivity index (χ2n) is 4.65. The van der Waals surface area contributed by atoms with Crippen LogP contribution in [-0.2, 0) is 14.3 Å². The Morgan fingerprint density at radius 2 is 2.18 bits per heavy atom. The van der Waals surface area contributed by atoms with Crippen LogP contribution >= 0.6 is 0 Å². The lowest BCUT2D eigenvalue weighted by atomic mass is 10.1. The Balaban J connectivity index is 2.13. The van der Waals surface area contributed by atoms with E-state index in [4.69, 9.17) is 9.47 Å². The van der Waals surface area contributed by atoms with Gasteiger partial charge in [-0.05, 0) is 25.8 Å². The summed E-state index contributed by atoms with van der Waals surface area (Å²) in [5.74, 6) is 0.0853. The number of carbonyl (C=O) groups is 1. The first-order valence-electron chi connectivity index (χ1n) is 6.65. The summed E-state index contributed by atoms with van der Waals surface area (Å²) in [5.41, 5.74) is 0. The molecule has 1 unspecified atom stereocenters. The molecule has 0 aromatic rings. The minimum Gasteiger partial charge on any atom is -0.465 e. The van der Waals surface area contributed by atoms with Crippen LogP contribution in [0.15, 0.2) is 0 Å². The first kappa shape index (κ1) is 14.5. The fourth-order valence-corrected chi connectivity index (χ4v) is 2.10. The highest BCUT2D eigenvalue weighted by atomic mass is 16.5. The van der Waals surface area contributed by atoms with Gasteiger partial charge in [-0.25, -0.2) is 0 Å². The predicted octanol–water partition coefficient (Wildman–Crippen LogP) is 1.69. The molecule has 1 rings (SSSR count). The molecule has 1 atom stereocenters. The second kappa shape index (κ2) is 8.48. The predicted molar refractivity (Wildman–Crippen MR) is 66.9 cm³/mol. The first-order chi connectivity index (χ1) is 8.27. The van der Waals surface area contributed by atoms with Crippen LogP contribution in [0.5, 0.6) is 0 Å². The molecule has 0 bridgehead atoms. The van der Waals surface area contributed by atoms with Crippen molar-refractivity contribution in [3.63, 3.8) is 0 Å². The molecule has 1 fully saturated rings. The zero-order valence-electron chi connectivity index (χ0n) is 11.1. The molecule has 0 spiro atoms. The fourth-order valence-electron chi connectivity index (χ4n) is 2.10. The molecule has 0 aromatic heterocycles. The number of hydrogen-bond donors (Lipinski definition) is 0. The largest absolute Gasteiger partial charge is 0.465 e. The minimum absolute atomic E-state index is 0.00677. The van der Waals surface area contributed by atoms with Gasteiger partial charge >= 0.3 is 5.97 Å². The molecule has 4 heteroatoms. The molecule has 0 aliphatic carbocycles. The lowest BCUT2D eigenvalue weighted by Gasteiger charge is -2.15. The summed E-state index contributed by atoms with van der Waals surface area (Å²) >= 11 is 0. The third-order valence-corrected chi connectivity index (χ3v) is 3.17. The van der Waals surface area contributed by atoms with Crippen molar-refractivity contribution in [3.05, 3.63) is 0 Å².